The predicted octanol–water partition coefficient (Wildman–Crippen LogP) is 3.87. The van der Waals surface area contributed by atoms with E-state index in [-0.39, 0.29) is 5.69 Å². The predicted molar refractivity (Wildman–Crippen MR) is 83.6 cm³/mol. The van der Waals surface area contributed by atoms with Gasteiger partial charge in [0.05, 0.1) is 11.4 Å². The molecule has 3 rings (SSSR count). The average Bonchev–Trinajstić information content (AvgIpc) is 2.95. The van der Waals surface area contributed by atoms with Gasteiger partial charge in [-0.05, 0) is 37.1 Å². The van der Waals surface area contributed by atoms with E-state index in [9.17, 15) is 18.0 Å². The molecule has 2 heterocycles. The third kappa shape index (κ3) is 2.51. The van der Waals surface area contributed by atoms with Gasteiger partial charge in [0, 0.05) is 6.20 Å². The lowest BCUT2D eigenvalue weighted by Gasteiger charge is -2.08. The summed E-state index contributed by atoms with van der Waals surface area (Å²) in [6.45, 7) is 3.70. The van der Waals surface area contributed by atoms with Crippen molar-refractivity contribution in [3.63, 3.8) is 0 Å². The van der Waals surface area contributed by atoms with Gasteiger partial charge in [0.2, 0.25) is 0 Å². The van der Waals surface area contributed by atoms with E-state index >= 15 is 0 Å². The summed E-state index contributed by atoms with van der Waals surface area (Å²) in [6.07, 6.45) is 2.16. The van der Waals surface area contributed by atoms with Gasteiger partial charge in [-0.25, -0.2) is 18.2 Å². The number of rotatable bonds is 3. The number of aryl methyl sites for hydroxylation is 2. The van der Waals surface area contributed by atoms with Crippen molar-refractivity contribution in [2.45, 2.75) is 20.3 Å². The summed E-state index contributed by atoms with van der Waals surface area (Å²) >= 11 is 0. The molecule has 0 radical (unpaired) electrons. The number of nitrogens with one attached hydrogen (secondary N) is 1. The van der Waals surface area contributed by atoms with Crippen molar-refractivity contribution in [3.05, 3.63) is 64.9 Å². The number of nitrogens with zero attached hydrogens (tertiary/aromatic N) is 2. The molecule has 0 unspecified atom stereocenters. The van der Waals surface area contributed by atoms with E-state index in [4.69, 9.17) is 0 Å². The smallest absolute Gasteiger partial charge is 0.274 e. The first-order chi connectivity index (χ1) is 11.4. The lowest BCUT2D eigenvalue weighted by atomic mass is 10.2. The van der Waals surface area contributed by atoms with Crippen molar-refractivity contribution in [3.8, 4) is 0 Å². The summed E-state index contributed by atoms with van der Waals surface area (Å²) in [5, 5.41) is 2.29. The summed E-state index contributed by atoms with van der Waals surface area (Å²) < 4.78 is 41.7. The van der Waals surface area contributed by atoms with Crippen LogP contribution in [-0.2, 0) is 6.42 Å². The third-order valence-corrected chi connectivity index (χ3v) is 3.75. The van der Waals surface area contributed by atoms with Crippen LogP contribution in [0.25, 0.3) is 5.65 Å². The molecular formula is C17H14F3N3O. The minimum atomic E-state index is -1.63. The molecule has 2 aromatic heterocycles. The molecule has 0 saturated heterocycles. The number of hydrogen-bond donors (Lipinski definition) is 1. The zero-order chi connectivity index (χ0) is 17.4. The second kappa shape index (κ2) is 5.99. The maximum absolute atomic E-state index is 13.8. The number of benzene rings is 1. The van der Waals surface area contributed by atoms with Crippen LogP contribution in [0, 0.1) is 24.4 Å². The number of fused-ring (bicyclic) bond motifs is 1. The number of anilines is 1. The first-order valence-electron chi connectivity index (χ1n) is 7.35. The lowest BCUT2D eigenvalue weighted by molar-refractivity contribution is 0.102. The van der Waals surface area contributed by atoms with Gasteiger partial charge in [-0.1, -0.05) is 13.0 Å². The number of aromatic nitrogens is 2. The van der Waals surface area contributed by atoms with Gasteiger partial charge < -0.3 is 5.32 Å². The molecule has 1 aromatic carbocycles. The molecule has 0 saturated carbocycles. The quantitative estimate of drug-likeness (QED) is 0.740. The summed E-state index contributed by atoms with van der Waals surface area (Å²) in [5.41, 5.74) is 1.84. The molecule has 3 aromatic rings. The first kappa shape index (κ1) is 16.0. The van der Waals surface area contributed by atoms with Crippen LogP contribution in [0.3, 0.4) is 0 Å². The molecular weight excluding hydrogens is 319 g/mol. The van der Waals surface area contributed by atoms with Gasteiger partial charge in [-0.3, -0.25) is 9.20 Å². The van der Waals surface area contributed by atoms with Crippen molar-refractivity contribution < 1.29 is 18.0 Å². The normalized spacial score (nSPS) is 11.0. The monoisotopic (exact) mass is 333 g/mol. The van der Waals surface area contributed by atoms with Gasteiger partial charge in [0.25, 0.3) is 5.91 Å². The fourth-order valence-corrected chi connectivity index (χ4v) is 2.54. The van der Waals surface area contributed by atoms with Crippen molar-refractivity contribution >= 4 is 17.2 Å². The van der Waals surface area contributed by atoms with Gasteiger partial charge in [0.1, 0.15) is 11.3 Å². The average molecular weight is 333 g/mol. The molecule has 0 bridgehead atoms. The maximum Gasteiger partial charge on any atom is 0.274 e. The van der Waals surface area contributed by atoms with E-state index in [1.165, 1.54) is 0 Å². The molecule has 7 heteroatoms. The minimum Gasteiger partial charge on any atom is -0.318 e. The zero-order valence-corrected chi connectivity index (χ0v) is 13.0. The molecule has 0 fully saturated rings. The Hall–Kier alpha value is -2.83. The number of halogens is 3. The molecule has 0 aliphatic rings. The fraction of sp³-hybridized carbons (Fsp3) is 0.176. The van der Waals surface area contributed by atoms with E-state index in [2.05, 4.69) is 10.3 Å². The molecule has 0 aliphatic carbocycles. The van der Waals surface area contributed by atoms with E-state index in [0.717, 1.165) is 17.7 Å². The fourth-order valence-electron chi connectivity index (χ4n) is 2.54. The highest BCUT2D eigenvalue weighted by atomic mass is 19.2. The highest BCUT2D eigenvalue weighted by Gasteiger charge is 2.21. The molecule has 0 aliphatic heterocycles. The van der Waals surface area contributed by atoms with E-state index in [0.29, 0.717) is 17.8 Å². The second-order valence-corrected chi connectivity index (χ2v) is 5.32. The number of carbonyl (C=O) groups excluding carboxylic acids is 1. The minimum absolute atomic E-state index is 0.236. The SMILES string of the molecule is CCc1nc2c(C)cccn2c1C(=O)Nc1ccc(F)c(F)c1F. The number of carbonyl (C=O) groups is 1. The van der Waals surface area contributed by atoms with Gasteiger partial charge in [0.15, 0.2) is 17.5 Å². The van der Waals surface area contributed by atoms with Crippen molar-refractivity contribution in [1.82, 2.24) is 9.38 Å². The number of pyridine rings is 1. The summed E-state index contributed by atoms with van der Waals surface area (Å²) in [4.78, 5) is 17.0. The Morgan fingerprint density at radius 3 is 2.67 bits per heavy atom. The Bertz CT molecular complexity index is 950. The molecule has 124 valence electrons. The Labute approximate surface area is 135 Å². The topological polar surface area (TPSA) is 46.4 Å². The Kier molecular flexibility index (Phi) is 4.01. The van der Waals surface area contributed by atoms with E-state index < -0.39 is 29.0 Å². The van der Waals surface area contributed by atoms with Crippen LogP contribution in [0.15, 0.2) is 30.5 Å². The Balaban J connectivity index is 2.06. The highest BCUT2D eigenvalue weighted by Crippen LogP contribution is 2.22. The zero-order valence-electron chi connectivity index (χ0n) is 13.0. The standard InChI is InChI=1S/C17H14F3N3O/c1-3-11-15(23-8-4-5-9(2)16(23)21-11)17(24)22-12-7-6-10(18)13(19)14(12)20/h4-8H,3H2,1-2H3,(H,22,24). The molecule has 1 amide bonds. The number of amides is 1. The van der Waals surface area contributed by atoms with Crippen molar-refractivity contribution in [2.75, 3.05) is 5.32 Å². The van der Waals surface area contributed by atoms with Crippen LogP contribution in [0.5, 0.6) is 0 Å². The van der Waals surface area contributed by atoms with Crippen LogP contribution < -0.4 is 5.32 Å². The van der Waals surface area contributed by atoms with Crippen LogP contribution >= 0.6 is 0 Å². The van der Waals surface area contributed by atoms with Gasteiger partial charge in [-0.15, -0.1) is 0 Å². The van der Waals surface area contributed by atoms with Crippen LogP contribution in [-0.4, -0.2) is 15.3 Å². The second-order valence-electron chi connectivity index (χ2n) is 5.32. The summed E-state index contributed by atoms with van der Waals surface area (Å²) in [5.74, 6) is -5.02. The van der Waals surface area contributed by atoms with Crippen LogP contribution in [0.4, 0.5) is 18.9 Å². The lowest BCUT2D eigenvalue weighted by Crippen LogP contribution is -2.17. The summed E-state index contributed by atoms with van der Waals surface area (Å²) in [7, 11) is 0. The van der Waals surface area contributed by atoms with E-state index in [1.54, 1.807) is 16.7 Å². The molecule has 4 nitrogen and oxygen atoms in total. The van der Waals surface area contributed by atoms with Crippen molar-refractivity contribution in [2.24, 2.45) is 0 Å². The Morgan fingerprint density at radius 2 is 1.96 bits per heavy atom. The molecule has 0 spiro atoms. The molecule has 1 N–H and O–H groups in total. The van der Waals surface area contributed by atoms with Crippen LogP contribution in [0.2, 0.25) is 0 Å². The first-order valence-corrected chi connectivity index (χ1v) is 7.35. The molecule has 24 heavy (non-hydrogen) atoms. The van der Waals surface area contributed by atoms with Gasteiger partial charge >= 0.3 is 0 Å². The highest BCUT2D eigenvalue weighted by molar-refractivity contribution is 6.04. The number of imidazole rings is 1. The van der Waals surface area contributed by atoms with Crippen molar-refractivity contribution in [1.29, 1.82) is 0 Å². The maximum atomic E-state index is 13.8. The van der Waals surface area contributed by atoms with Crippen LogP contribution in [0.1, 0.15) is 28.7 Å². The number of hydrogen-bond acceptors (Lipinski definition) is 2. The third-order valence-electron chi connectivity index (χ3n) is 3.75. The Morgan fingerprint density at radius 1 is 1.21 bits per heavy atom. The molecule has 0 atom stereocenters. The largest absolute Gasteiger partial charge is 0.318 e. The summed E-state index contributed by atoms with van der Waals surface area (Å²) in [6, 6.07) is 5.36. The van der Waals surface area contributed by atoms with E-state index in [1.807, 2.05) is 19.9 Å². The van der Waals surface area contributed by atoms with Gasteiger partial charge in [-0.2, -0.15) is 0 Å².